The van der Waals surface area contributed by atoms with Crippen molar-refractivity contribution in [1.29, 1.82) is 0 Å². The zero-order valence-corrected chi connectivity index (χ0v) is 19.9. The van der Waals surface area contributed by atoms with Gasteiger partial charge in [-0.1, -0.05) is 11.6 Å². The van der Waals surface area contributed by atoms with Crippen molar-refractivity contribution in [2.24, 2.45) is 0 Å². The number of sulfonamides is 1. The van der Waals surface area contributed by atoms with Crippen LogP contribution in [-0.2, 0) is 24.3 Å². The van der Waals surface area contributed by atoms with Crippen molar-refractivity contribution in [2.75, 3.05) is 39.5 Å². The Balaban J connectivity index is 1.33. The molecule has 1 atom stereocenters. The highest BCUT2D eigenvalue weighted by atomic mass is 32.2. The number of hydrogen-bond acceptors (Lipinski definition) is 7. The van der Waals surface area contributed by atoms with Crippen molar-refractivity contribution in [3.8, 4) is 11.5 Å². The molecule has 2 aliphatic heterocycles. The number of allylic oxidation sites excluding steroid dienone is 1. The molecule has 186 valence electrons. The number of amides is 2. The topological polar surface area (TPSA) is 123 Å². The number of rotatable bonds is 7. The Morgan fingerprint density at radius 1 is 1.00 bits per heavy atom. The second kappa shape index (κ2) is 11.2. The maximum absolute atomic E-state index is 13.3. The van der Waals surface area contributed by atoms with Crippen LogP contribution in [-0.4, -0.2) is 70.2 Å². The van der Waals surface area contributed by atoms with E-state index in [4.69, 9.17) is 14.2 Å². The molecule has 1 fully saturated rings. The summed E-state index contributed by atoms with van der Waals surface area (Å²) in [5.74, 6) is -0.692. The van der Waals surface area contributed by atoms with E-state index in [9.17, 15) is 18.0 Å². The lowest BCUT2D eigenvalue weighted by Gasteiger charge is -2.34. The molecule has 10 nitrogen and oxygen atoms in total. The summed E-state index contributed by atoms with van der Waals surface area (Å²) in [5, 5.41) is 5.13. The van der Waals surface area contributed by atoms with Gasteiger partial charge in [-0.3, -0.25) is 9.59 Å². The molecular weight excluding hydrogens is 462 g/mol. The van der Waals surface area contributed by atoms with Gasteiger partial charge in [-0.25, -0.2) is 8.42 Å². The summed E-state index contributed by atoms with van der Waals surface area (Å²) in [5.41, 5.74) is 1.31. The number of hydrogen-bond donors (Lipinski definition) is 2. The van der Waals surface area contributed by atoms with Crippen molar-refractivity contribution in [2.45, 2.75) is 49.6 Å². The Bertz CT molecular complexity index is 1040. The van der Waals surface area contributed by atoms with Gasteiger partial charge in [0, 0.05) is 19.2 Å². The Hall–Kier alpha value is -2.63. The van der Waals surface area contributed by atoms with Crippen LogP contribution in [0.25, 0.3) is 0 Å². The number of benzene rings is 1. The summed E-state index contributed by atoms with van der Waals surface area (Å²) in [6, 6.07) is 4.46. The van der Waals surface area contributed by atoms with Crippen molar-refractivity contribution in [3.05, 3.63) is 29.8 Å². The van der Waals surface area contributed by atoms with Gasteiger partial charge in [0.25, 0.3) is 0 Å². The van der Waals surface area contributed by atoms with E-state index < -0.39 is 28.1 Å². The molecule has 0 saturated carbocycles. The summed E-state index contributed by atoms with van der Waals surface area (Å²) < 4.78 is 44.4. The van der Waals surface area contributed by atoms with E-state index in [2.05, 4.69) is 16.7 Å². The molecule has 3 aliphatic rings. The molecule has 0 aromatic heterocycles. The van der Waals surface area contributed by atoms with E-state index in [0.29, 0.717) is 44.3 Å². The molecule has 1 unspecified atom stereocenters. The van der Waals surface area contributed by atoms with E-state index in [1.54, 1.807) is 6.07 Å². The maximum atomic E-state index is 13.3. The third-order valence-corrected chi connectivity index (χ3v) is 7.92. The molecule has 1 aromatic carbocycles. The summed E-state index contributed by atoms with van der Waals surface area (Å²) in [7, 11) is -3.92. The number of carbonyl (C=O) groups is 2. The van der Waals surface area contributed by atoms with Crippen molar-refractivity contribution in [1.82, 2.24) is 14.9 Å². The molecule has 4 rings (SSSR count). The van der Waals surface area contributed by atoms with Crippen LogP contribution in [0.2, 0.25) is 0 Å². The van der Waals surface area contributed by atoms with E-state index in [0.717, 1.165) is 25.7 Å². The predicted molar refractivity (Wildman–Crippen MR) is 123 cm³/mol. The second-order valence-corrected chi connectivity index (χ2v) is 10.3. The van der Waals surface area contributed by atoms with Crippen LogP contribution in [0, 0.1) is 0 Å². The quantitative estimate of drug-likeness (QED) is 0.434. The Kier molecular flexibility index (Phi) is 8.07. The largest absolute Gasteiger partial charge is 0.486 e. The monoisotopic (exact) mass is 493 g/mol. The number of nitrogens with one attached hydrogen (secondary N) is 2. The lowest BCUT2D eigenvalue weighted by Crippen LogP contribution is -2.53. The Morgan fingerprint density at radius 3 is 2.59 bits per heavy atom. The average molecular weight is 494 g/mol. The predicted octanol–water partition coefficient (Wildman–Crippen LogP) is 1.32. The first-order valence-electron chi connectivity index (χ1n) is 11.7. The summed E-state index contributed by atoms with van der Waals surface area (Å²) >= 11 is 0. The van der Waals surface area contributed by atoms with E-state index in [1.807, 2.05) is 0 Å². The fourth-order valence-electron chi connectivity index (χ4n) is 4.23. The van der Waals surface area contributed by atoms with Gasteiger partial charge in [0.2, 0.25) is 10.0 Å². The molecule has 2 amide bonds. The highest BCUT2D eigenvalue weighted by Crippen LogP contribution is 2.34. The smallest absolute Gasteiger partial charge is 0.309 e. The number of fused-ring (bicyclic) bond motifs is 1. The zero-order valence-electron chi connectivity index (χ0n) is 19.1. The van der Waals surface area contributed by atoms with Crippen molar-refractivity contribution in [3.63, 3.8) is 0 Å². The molecule has 1 aromatic rings. The first kappa shape index (κ1) is 24.5. The minimum absolute atomic E-state index is 0.0494. The van der Waals surface area contributed by atoms with Gasteiger partial charge in [-0.15, -0.1) is 0 Å². The van der Waals surface area contributed by atoms with E-state index in [-0.39, 0.29) is 18.0 Å². The minimum Gasteiger partial charge on any atom is -0.486 e. The second-order valence-electron chi connectivity index (χ2n) is 8.42. The molecule has 2 heterocycles. The minimum atomic E-state index is -3.92. The summed E-state index contributed by atoms with van der Waals surface area (Å²) in [6.07, 6.45) is 6.99. The molecule has 11 heteroatoms. The molecule has 1 aliphatic carbocycles. The highest BCUT2D eigenvalue weighted by molar-refractivity contribution is 7.89. The van der Waals surface area contributed by atoms with Gasteiger partial charge in [0.15, 0.2) is 11.5 Å². The zero-order chi connectivity index (χ0) is 24.0. The van der Waals surface area contributed by atoms with Crippen LogP contribution in [0.1, 0.15) is 38.5 Å². The van der Waals surface area contributed by atoms with E-state index >= 15 is 0 Å². The molecular formula is C23H31N3O7S. The standard InChI is InChI=1S/C23H31N3O7S/c27-22(24-10-9-17-5-2-1-3-6-17)23(28)25-16-21-26(11-4-12-33-21)34(29,30)18-7-8-19-20(15-18)32-14-13-31-19/h5,7-8,15,21H,1-4,6,9-14,16H2,(H,24,27)(H,25,28). The normalized spacial score (nSPS) is 20.8. The Labute approximate surface area is 199 Å². The van der Waals surface area contributed by atoms with Gasteiger partial charge in [0.05, 0.1) is 18.0 Å². The Morgan fingerprint density at radius 2 is 1.79 bits per heavy atom. The van der Waals surface area contributed by atoms with Gasteiger partial charge in [-0.05, 0) is 50.7 Å². The molecule has 0 spiro atoms. The third-order valence-electron chi connectivity index (χ3n) is 6.03. The van der Waals surface area contributed by atoms with Gasteiger partial charge in [0.1, 0.15) is 19.4 Å². The van der Waals surface area contributed by atoms with Gasteiger partial charge in [-0.2, -0.15) is 4.31 Å². The average Bonchev–Trinajstić information content (AvgIpc) is 2.87. The van der Waals surface area contributed by atoms with Crippen molar-refractivity contribution < 1.29 is 32.2 Å². The molecule has 2 N–H and O–H groups in total. The van der Waals surface area contributed by atoms with Crippen LogP contribution in [0.4, 0.5) is 0 Å². The fraction of sp³-hybridized carbons (Fsp3) is 0.565. The van der Waals surface area contributed by atoms with Gasteiger partial charge < -0.3 is 24.8 Å². The lowest BCUT2D eigenvalue weighted by atomic mass is 9.97. The van der Waals surface area contributed by atoms with E-state index in [1.165, 1.54) is 28.4 Å². The summed E-state index contributed by atoms with van der Waals surface area (Å²) in [6.45, 7) is 1.60. The van der Waals surface area contributed by atoms with Crippen LogP contribution < -0.4 is 20.1 Å². The maximum Gasteiger partial charge on any atom is 0.309 e. The first-order valence-corrected chi connectivity index (χ1v) is 13.2. The number of ether oxygens (including phenoxy) is 3. The molecule has 0 radical (unpaired) electrons. The molecule has 1 saturated heterocycles. The third kappa shape index (κ3) is 5.89. The SMILES string of the molecule is O=C(NCCC1=CCCCC1)C(=O)NCC1OCCCN1S(=O)(=O)c1ccc2c(c1)OCCO2. The number of nitrogens with zero attached hydrogens (tertiary/aromatic N) is 1. The summed E-state index contributed by atoms with van der Waals surface area (Å²) in [4.78, 5) is 24.5. The number of carbonyl (C=O) groups excluding carboxylic acids is 2. The molecule has 0 bridgehead atoms. The fourth-order valence-corrected chi connectivity index (χ4v) is 5.81. The lowest BCUT2D eigenvalue weighted by molar-refractivity contribution is -0.140. The first-order chi connectivity index (χ1) is 16.4. The van der Waals surface area contributed by atoms with Crippen LogP contribution in [0.5, 0.6) is 11.5 Å². The van der Waals surface area contributed by atoms with Crippen LogP contribution in [0.3, 0.4) is 0 Å². The molecule has 34 heavy (non-hydrogen) atoms. The van der Waals surface area contributed by atoms with Gasteiger partial charge >= 0.3 is 11.8 Å². The van der Waals surface area contributed by atoms with Crippen LogP contribution in [0.15, 0.2) is 34.7 Å². The van der Waals surface area contributed by atoms with Crippen molar-refractivity contribution >= 4 is 21.8 Å². The van der Waals surface area contributed by atoms with Crippen LogP contribution >= 0.6 is 0 Å². The highest BCUT2D eigenvalue weighted by Gasteiger charge is 2.35.